The quantitative estimate of drug-likeness (QED) is 0.464. The minimum Gasteiger partial charge on any atom is -0.478 e. The van der Waals surface area contributed by atoms with Crippen LogP contribution in [0.2, 0.25) is 0 Å². The topological polar surface area (TPSA) is 66.8 Å². The number of carbonyl (C=O) groups is 1. The van der Waals surface area contributed by atoms with Crippen molar-refractivity contribution in [2.45, 2.75) is 32.8 Å². The molecule has 1 saturated carbocycles. The average molecular weight is 320 g/mol. The molecule has 0 unspecified atom stereocenters. The molecule has 0 aromatic carbocycles. The van der Waals surface area contributed by atoms with Crippen LogP contribution in [0.5, 0.6) is 0 Å². The van der Waals surface area contributed by atoms with E-state index in [1.165, 1.54) is 5.57 Å². The van der Waals surface area contributed by atoms with Crippen LogP contribution in [0.4, 0.5) is 0 Å². The smallest absolute Gasteiger partial charge is 0.328 e. The van der Waals surface area contributed by atoms with Gasteiger partial charge < -0.3 is 14.9 Å². The monoisotopic (exact) mass is 320 g/mol. The first-order valence-electron chi connectivity index (χ1n) is 8.37. The van der Waals surface area contributed by atoms with Gasteiger partial charge in [0.25, 0.3) is 0 Å². The number of aliphatic carboxylic acids is 1. The Morgan fingerprint density at radius 3 is 2.74 bits per heavy atom. The van der Waals surface area contributed by atoms with Crippen molar-refractivity contribution in [1.82, 2.24) is 0 Å². The molecule has 0 saturated heterocycles. The lowest BCUT2D eigenvalue weighted by molar-refractivity contribution is -0.131. The second-order valence-electron chi connectivity index (χ2n) is 6.96. The van der Waals surface area contributed by atoms with Gasteiger partial charge in [0.15, 0.2) is 0 Å². The van der Waals surface area contributed by atoms with Gasteiger partial charge in [0.2, 0.25) is 0 Å². The van der Waals surface area contributed by atoms with Crippen LogP contribution < -0.4 is 0 Å². The van der Waals surface area contributed by atoms with Crippen LogP contribution >= 0.6 is 0 Å². The Hall–Kier alpha value is -1.39. The first-order valence-corrected chi connectivity index (χ1v) is 8.37. The molecular weight excluding hydrogens is 292 g/mol. The first kappa shape index (κ1) is 18.0. The summed E-state index contributed by atoms with van der Waals surface area (Å²) >= 11 is 0. The average Bonchev–Trinajstić information content (AvgIpc) is 2.52. The molecule has 0 bridgehead atoms. The van der Waals surface area contributed by atoms with E-state index < -0.39 is 5.97 Å². The van der Waals surface area contributed by atoms with Crippen molar-refractivity contribution in [3.63, 3.8) is 0 Å². The molecule has 0 radical (unpaired) electrons. The number of hydrogen-bond donors (Lipinski definition) is 2. The molecule has 0 aromatic heterocycles. The van der Waals surface area contributed by atoms with E-state index >= 15 is 0 Å². The Morgan fingerprint density at radius 1 is 1.39 bits per heavy atom. The molecule has 128 valence electrons. The highest BCUT2D eigenvalue weighted by molar-refractivity contribution is 5.80. The fourth-order valence-electron chi connectivity index (χ4n) is 4.51. The Balaban J connectivity index is 2.25. The van der Waals surface area contributed by atoms with Crippen LogP contribution in [-0.2, 0) is 9.53 Å². The molecule has 0 aliphatic heterocycles. The summed E-state index contributed by atoms with van der Waals surface area (Å²) in [6, 6.07) is 0. The SMILES string of the molecule is CO[C@H]1C=C(C)[C@H](/C=C/C=C/C(=O)O)[C@@H]2[C@@H]1C[C@@H](CO)C[C@H]2C. The van der Waals surface area contributed by atoms with Crippen molar-refractivity contribution in [2.75, 3.05) is 13.7 Å². The van der Waals surface area contributed by atoms with Gasteiger partial charge in [0.05, 0.1) is 6.10 Å². The number of carboxylic acids is 1. The predicted octanol–water partition coefficient (Wildman–Crippen LogP) is 3.05. The Kier molecular flexibility index (Phi) is 6.19. The maximum Gasteiger partial charge on any atom is 0.328 e. The van der Waals surface area contributed by atoms with E-state index in [4.69, 9.17) is 9.84 Å². The van der Waals surface area contributed by atoms with E-state index in [-0.39, 0.29) is 12.7 Å². The predicted molar refractivity (Wildman–Crippen MR) is 89.9 cm³/mol. The van der Waals surface area contributed by atoms with E-state index in [0.29, 0.717) is 29.6 Å². The van der Waals surface area contributed by atoms with Gasteiger partial charge in [0, 0.05) is 25.7 Å². The number of hydrogen-bond acceptors (Lipinski definition) is 3. The maximum atomic E-state index is 10.6. The molecule has 2 N–H and O–H groups in total. The zero-order valence-electron chi connectivity index (χ0n) is 14.2. The van der Waals surface area contributed by atoms with Gasteiger partial charge in [-0.25, -0.2) is 4.79 Å². The van der Waals surface area contributed by atoms with Gasteiger partial charge in [-0.3, -0.25) is 0 Å². The van der Waals surface area contributed by atoms with Gasteiger partial charge in [-0.1, -0.05) is 36.8 Å². The number of ether oxygens (including phenoxy) is 1. The van der Waals surface area contributed by atoms with Crippen LogP contribution in [0.15, 0.2) is 36.0 Å². The van der Waals surface area contributed by atoms with E-state index in [9.17, 15) is 9.90 Å². The van der Waals surface area contributed by atoms with Gasteiger partial charge in [0.1, 0.15) is 0 Å². The minimum atomic E-state index is -0.931. The van der Waals surface area contributed by atoms with Crippen molar-refractivity contribution < 1.29 is 19.7 Å². The summed E-state index contributed by atoms with van der Waals surface area (Å²) in [5.74, 6) is 1.11. The summed E-state index contributed by atoms with van der Waals surface area (Å²) in [5.41, 5.74) is 1.28. The summed E-state index contributed by atoms with van der Waals surface area (Å²) in [7, 11) is 1.75. The highest BCUT2D eigenvalue weighted by atomic mass is 16.5. The summed E-state index contributed by atoms with van der Waals surface area (Å²) in [6.07, 6.45) is 11.0. The second kappa shape index (κ2) is 7.93. The molecule has 1 fully saturated rings. The molecule has 2 aliphatic carbocycles. The summed E-state index contributed by atoms with van der Waals surface area (Å²) in [6.45, 7) is 4.64. The molecule has 4 heteroatoms. The van der Waals surface area contributed by atoms with Crippen LogP contribution in [0.1, 0.15) is 26.7 Å². The highest BCUT2D eigenvalue weighted by Crippen LogP contribution is 2.49. The van der Waals surface area contributed by atoms with Gasteiger partial charge >= 0.3 is 5.97 Å². The molecule has 0 heterocycles. The molecule has 2 aliphatic rings. The zero-order chi connectivity index (χ0) is 17.0. The number of aliphatic hydroxyl groups is 1. The molecule has 0 amide bonds. The third kappa shape index (κ3) is 4.12. The fourth-order valence-corrected chi connectivity index (χ4v) is 4.51. The lowest BCUT2D eigenvalue weighted by atomic mass is 9.58. The van der Waals surface area contributed by atoms with E-state index in [1.807, 2.05) is 6.08 Å². The van der Waals surface area contributed by atoms with Crippen molar-refractivity contribution >= 4 is 5.97 Å². The standard InChI is InChI=1S/C19H28O4/c1-12-9-17(23-3)16-10-14(11-20)8-13(2)19(16)15(12)6-4-5-7-18(21)22/h4-7,9,13-17,19-20H,8,10-11H2,1-3H3,(H,21,22)/b6-4+,7-5+/t13-,14+,15+,16-,17+,19-/m1/s1. The molecule has 0 aromatic rings. The summed E-state index contributed by atoms with van der Waals surface area (Å²) in [5, 5.41) is 18.2. The van der Waals surface area contributed by atoms with Crippen LogP contribution in [0, 0.1) is 29.6 Å². The van der Waals surface area contributed by atoms with Crippen LogP contribution in [-0.4, -0.2) is 36.0 Å². The fraction of sp³-hybridized carbons (Fsp3) is 0.632. The van der Waals surface area contributed by atoms with Crippen molar-refractivity contribution in [3.8, 4) is 0 Å². The number of fused-ring (bicyclic) bond motifs is 1. The van der Waals surface area contributed by atoms with Crippen molar-refractivity contribution in [2.24, 2.45) is 29.6 Å². The molecule has 0 spiro atoms. The normalized spacial score (nSPS) is 37.8. The Labute approximate surface area is 138 Å². The van der Waals surface area contributed by atoms with Gasteiger partial charge in [-0.05, 0) is 43.4 Å². The van der Waals surface area contributed by atoms with Crippen LogP contribution in [0.25, 0.3) is 0 Å². The number of aliphatic hydroxyl groups excluding tert-OH is 1. The lowest BCUT2D eigenvalue weighted by Gasteiger charge is -2.48. The molecule has 2 rings (SSSR count). The van der Waals surface area contributed by atoms with E-state index in [2.05, 4.69) is 26.0 Å². The molecule has 4 nitrogen and oxygen atoms in total. The van der Waals surface area contributed by atoms with Crippen LogP contribution in [0.3, 0.4) is 0 Å². The first-order chi connectivity index (χ1) is 11.0. The van der Waals surface area contributed by atoms with Gasteiger partial charge in [-0.2, -0.15) is 0 Å². The minimum absolute atomic E-state index is 0.107. The van der Waals surface area contributed by atoms with E-state index in [1.54, 1.807) is 13.2 Å². The summed E-state index contributed by atoms with van der Waals surface area (Å²) < 4.78 is 5.70. The Bertz CT molecular complexity index is 505. The molecule has 23 heavy (non-hydrogen) atoms. The molecule has 6 atom stereocenters. The molecular formula is C19H28O4. The number of allylic oxidation sites excluding steroid dienone is 4. The number of rotatable bonds is 5. The Morgan fingerprint density at radius 2 is 2.13 bits per heavy atom. The zero-order valence-corrected chi connectivity index (χ0v) is 14.2. The third-order valence-electron chi connectivity index (χ3n) is 5.45. The van der Waals surface area contributed by atoms with Crippen molar-refractivity contribution in [1.29, 1.82) is 0 Å². The van der Waals surface area contributed by atoms with E-state index in [0.717, 1.165) is 18.9 Å². The number of carboxylic acid groups (broad SMARTS) is 1. The number of methoxy groups -OCH3 is 1. The lowest BCUT2D eigenvalue weighted by Crippen LogP contribution is -2.45. The highest BCUT2D eigenvalue weighted by Gasteiger charge is 2.45. The second-order valence-corrected chi connectivity index (χ2v) is 6.96. The summed E-state index contributed by atoms with van der Waals surface area (Å²) in [4.78, 5) is 10.6. The largest absolute Gasteiger partial charge is 0.478 e. The maximum absolute atomic E-state index is 10.6. The van der Waals surface area contributed by atoms with Crippen molar-refractivity contribution in [3.05, 3.63) is 36.0 Å². The third-order valence-corrected chi connectivity index (χ3v) is 5.45. The van der Waals surface area contributed by atoms with Gasteiger partial charge in [-0.15, -0.1) is 0 Å².